The summed E-state index contributed by atoms with van der Waals surface area (Å²) in [7, 11) is 0. The van der Waals surface area contributed by atoms with Crippen LogP contribution in [0, 0.1) is 24.4 Å². The van der Waals surface area contributed by atoms with E-state index in [1.54, 1.807) is 42.5 Å². The minimum absolute atomic E-state index is 0.227. The molecule has 180 valence electrons. The first-order valence-electron chi connectivity index (χ1n) is 12.0. The summed E-state index contributed by atoms with van der Waals surface area (Å²) in [6.07, 6.45) is 3.27. The van der Waals surface area contributed by atoms with E-state index < -0.39 is 11.6 Å². The van der Waals surface area contributed by atoms with Crippen molar-refractivity contribution in [3.05, 3.63) is 113 Å². The number of unbranched alkanes of at least 4 members (excludes halogenated alkanes) is 1. The zero-order valence-electron chi connectivity index (χ0n) is 20.1. The van der Waals surface area contributed by atoms with E-state index in [-0.39, 0.29) is 22.7 Å². The van der Waals surface area contributed by atoms with E-state index in [1.807, 2.05) is 37.3 Å². The summed E-state index contributed by atoms with van der Waals surface area (Å²) in [6, 6.07) is 23.1. The van der Waals surface area contributed by atoms with Gasteiger partial charge in [0.15, 0.2) is 23.2 Å². The molecule has 4 rings (SSSR count). The van der Waals surface area contributed by atoms with Gasteiger partial charge in [-0.3, -0.25) is 0 Å². The van der Waals surface area contributed by atoms with Crippen molar-refractivity contribution in [3.63, 3.8) is 0 Å². The summed E-state index contributed by atoms with van der Waals surface area (Å²) in [6.45, 7) is 4.52. The number of aryl methyl sites for hydroxylation is 3. The molecule has 0 bridgehead atoms. The van der Waals surface area contributed by atoms with Gasteiger partial charge in [0.05, 0.1) is 6.61 Å². The van der Waals surface area contributed by atoms with Gasteiger partial charge in [-0.05, 0) is 60.6 Å². The SMILES string of the molecule is CCCCOc1ccc(CCc2ccc(-c3ccc(-c4ccc(C)cc4)c(F)c3F)cc2)cc1F. The summed E-state index contributed by atoms with van der Waals surface area (Å²) in [4.78, 5) is 0. The second-order valence-corrected chi connectivity index (χ2v) is 8.82. The van der Waals surface area contributed by atoms with Gasteiger partial charge in [-0.25, -0.2) is 13.2 Å². The largest absolute Gasteiger partial charge is 0.491 e. The van der Waals surface area contributed by atoms with Gasteiger partial charge >= 0.3 is 0 Å². The minimum Gasteiger partial charge on any atom is -0.491 e. The van der Waals surface area contributed by atoms with E-state index in [0.29, 0.717) is 30.6 Å². The van der Waals surface area contributed by atoms with Gasteiger partial charge in [0.2, 0.25) is 0 Å². The third kappa shape index (κ3) is 5.94. The van der Waals surface area contributed by atoms with Crippen LogP contribution in [0.15, 0.2) is 78.9 Å². The van der Waals surface area contributed by atoms with Gasteiger partial charge in [-0.15, -0.1) is 0 Å². The maximum atomic E-state index is 14.9. The van der Waals surface area contributed by atoms with E-state index >= 15 is 0 Å². The topological polar surface area (TPSA) is 9.23 Å². The first kappa shape index (κ1) is 24.6. The first-order valence-corrected chi connectivity index (χ1v) is 12.0. The maximum absolute atomic E-state index is 14.9. The lowest BCUT2D eigenvalue weighted by Crippen LogP contribution is -2.00. The average molecular weight is 475 g/mol. The number of hydrogen-bond acceptors (Lipinski definition) is 1. The average Bonchev–Trinajstić information content (AvgIpc) is 2.87. The van der Waals surface area contributed by atoms with Gasteiger partial charge in [0.1, 0.15) is 0 Å². The number of rotatable bonds is 9. The van der Waals surface area contributed by atoms with Crippen LogP contribution in [0.5, 0.6) is 5.75 Å². The van der Waals surface area contributed by atoms with Gasteiger partial charge in [0.25, 0.3) is 0 Å². The quantitative estimate of drug-likeness (QED) is 0.220. The summed E-state index contributed by atoms with van der Waals surface area (Å²) in [5.74, 6) is -1.76. The Morgan fingerprint density at radius 2 is 1.20 bits per heavy atom. The molecule has 0 aliphatic rings. The predicted octanol–water partition coefficient (Wildman–Crippen LogP) is 8.71. The monoisotopic (exact) mass is 474 g/mol. The zero-order valence-corrected chi connectivity index (χ0v) is 20.1. The molecule has 0 N–H and O–H groups in total. The predicted molar refractivity (Wildman–Crippen MR) is 136 cm³/mol. The summed E-state index contributed by atoms with van der Waals surface area (Å²) in [5, 5.41) is 0. The van der Waals surface area contributed by atoms with Crippen LogP contribution in [0.1, 0.15) is 36.5 Å². The fourth-order valence-electron chi connectivity index (χ4n) is 4.01. The molecule has 0 aliphatic heterocycles. The third-order valence-electron chi connectivity index (χ3n) is 6.16. The Labute approximate surface area is 205 Å². The van der Waals surface area contributed by atoms with Crippen molar-refractivity contribution in [3.8, 4) is 28.0 Å². The Kier molecular flexibility index (Phi) is 7.91. The third-order valence-corrected chi connectivity index (χ3v) is 6.16. The fraction of sp³-hybridized carbons (Fsp3) is 0.226. The van der Waals surface area contributed by atoms with E-state index in [2.05, 4.69) is 6.92 Å². The molecule has 0 atom stereocenters. The zero-order chi connectivity index (χ0) is 24.8. The molecule has 0 radical (unpaired) electrons. The van der Waals surface area contributed by atoms with E-state index in [1.165, 1.54) is 6.07 Å². The lowest BCUT2D eigenvalue weighted by Gasteiger charge is -2.11. The molecule has 4 aromatic carbocycles. The highest BCUT2D eigenvalue weighted by molar-refractivity contribution is 5.72. The Bertz CT molecular complexity index is 1280. The molecule has 0 amide bonds. The molecule has 0 unspecified atom stereocenters. The van der Waals surface area contributed by atoms with Crippen LogP contribution in [0.2, 0.25) is 0 Å². The molecule has 35 heavy (non-hydrogen) atoms. The van der Waals surface area contributed by atoms with Crippen LogP contribution in [0.3, 0.4) is 0 Å². The highest BCUT2D eigenvalue weighted by atomic mass is 19.2. The van der Waals surface area contributed by atoms with Crippen molar-refractivity contribution in [2.75, 3.05) is 6.61 Å². The minimum atomic E-state index is -0.854. The smallest absolute Gasteiger partial charge is 0.167 e. The van der Waals surface area contributed by atoms with E-state index in [4.69, 9.17) is 4.74 Å². The summed E-state index contributed by atoms with van der Waals surface area (Å²) in [5.41, 5.74) is 4.71. The van der Waals surface area contributed by atoms with Crippen molar-refractivity contribution >= 4 is 0 Å². The van der Waals surface area contributed by atoms with Crippen molar-refractivity contribution in [2.24, 2.45) is 0 Å². The highest BCUT2D eigenvalue weighted by Gasteiger charge is 2.16. The Morgan fingerprint density at radius 3 is 1.77 bits per heavy atom. The second-order valence-electron chi connectivity index (χ2n) is 8.82. The molecule has 0 aromatic heterocycles. The lowest BCUT2D eigenvalue weighted by atomic mass is 9.97. The van der Waals surface area contributed by atoms with E-state index in [9.17, 15) is 13.2 Å². The second kappa shape index (κ2) is 11.3. The number of hydrogen-bond donors (Lipinski definition) is 0. The lowest BCUT2D eigenvalue weighted by molar-refractivity contribution is 0.294. The van der Waals surface area contributed by atoms with Gasteiger partial charge in [0, 0.05) is 11.1 Å². The van der Waals surface area contributed by atoms with Crippen molar-refractivity contribution in [1.29, 1.82) is 0 Å². The molecular weight excluding hydrogens is 445 g/mol. The molecule has 0 spiro atoms. The molecule has 4 aromatic rings. The fourth-order valence-corrected chi connectivity index (χ4v) is 4.01. The number of halogens is 3. The molecule has 0 aliphatic carbocycles. The van der Waals surface area contributed by atoms with Crippen LogP contribution in [0.25, 0.3) is 22.3 Å². The Hall–Kier alpha value is -3.53. The van der Waals surface area contributed by atoms with Crippen LogP contribution in [0.4, 0.5) is 13.2 Å². The standard InChI is InChI=1S/C31H29F3O/c1-3-4-19-35-29-18-11-23(20-28(29)32)8-7-22-9-14-25(15-10-22)27-17-16-26(30(33)31(27)34)24-12-5-21(2)6-13-24/h5-6,9-18,20H,3-4,7-8,19H2,1-2H3. The molecule has 0 fully saturated rings. The normalized spacial score (nSPS) is 11.0. The number of ether oxygens (including phenoxy) is 1. The molecule has 0 heterocycles. The van der Waals surface area contributed by atoms with Crippen LogP contribution < -0.4 is 4.74 Å². The van der Waals surface area contributed by atoms with Crippen LogP contribution >= 0.6 is 0 Å². The van der Waals surface area contributed by atoms with E-state index in [0.717, 1.165) is 29.5 Å². The molecule has 0 saturated heterocycles. The van der Waals surface area contributed by atoms with Crippen LogP contribution in [-0.4, -0.2) is 6.61 Å². The molecule has 0 saturated carbocycles. The maximum Gasteiger partial charge on any atom is 0.167 e. The Balaban J connectivity index is 1.43. The first-order chi connectivity index (χ1) is 17.0. The van der Waals surface area contributed by atoms with Gasteiger partial charge in [-0.2, -0.15) is 0 Å². The summed E-state index contributed by atoms with van der Waals surface area (Å²) < 4.78 is 49.5. The van der Waals surface area contributed by atoms with Crippen molar-refractivity contribution < 1.29 is 17.9 Å². The van der Waals surface area contributed by atoms with Crippen molar-refractivity contribution in [2.45, 2.75) is 39.5 Å². The molecular formula is C31H29F3O. The summed E-state index contributed by atoms with van der Waals surface area (Å²) >= 11 is 0. The van der Waals surface area contributed by atoms with Crippen LogP contribution in [-0.2, 0) is 12.8 Å². The van der Waals surface area contributed by atoms with Gasteiger partial charge < -0.3 is 4.74 Å². The Morgan fingerprint density at radius 1 is 0.657 bits per heavy atom. The molecule has 4 heteroatoms. The highest BCUT2D eigenvalue weighted by Crippen LogP contribution is 2.32. The number of benzene rings is 4. The van der Waals surface area contributed by atoms with Gasteiger partial charge in [-0.1, -0.05) is 85.6 Å². The van der Waals surface area contributed by atoms with Crippen molar-refractivity contribution in [1.82, 2.24) is 0 Å². The molecule has 1 nitrogen and oxygen atoms in total.